The fourth-order valence-electron chi connectivity index (χ4n) is 3.06. The molecule has 0 bridgehead atoms. The van der Waals surface area contributed by atoms with Gasteiger partial charge >= 0.3 is 0 Å². The number of rotatable bonds is 4. The van der Waals surface area contributed by atoms with Crippen molar-refractivity contribution in [3.8, 4) is 5.75 Å². The van der Waals surface area contributed by atoms with Crippen LogP contribution in [0.25, 0.3) is 0 Å². The van der Waals surface area contributed by atoms with Gasteiger partial charge < -0.3 is 8.94 Å². The molecule has 1 atom stereocenters. The lowest BCUT2D eigenvalue weighted by atomic mass is 10.1. The molecule has 0 aliphatic carbocycles. The third kappa shape index (κ3) is 4.29. The van der Waals surface area contributed by atoms with E-state index < -0.39 is 7.28 Å². The second kappa shape index (κ2) is 7.93. The van der Waals surface area contributed by atoms with Gasteiger partial charge in [-0.25, -0.2) is 4.74 Å². The Morgan fingerprint density at radius 2 is 1.71 bits per heavy atom. The first-order valence-electron chi connectivity index (χ1n) is 9.32. The first-order valence-corrected chi connectivity index (χ1v) is 11.8. The van der Waals surface area contributed by atoms with E-state index in [2.05, 4.69) is 68.7 Å². The molecule has 0 fully saturated rings. The molecule has 3 nitrogen and oxygen atoms in total. The van der Waals surface area contributed by atoms with Gasteiger partial charge in [-0.2, -0.15) is 0 Å². The van der Waals surface area contributed by atoms with Crippen molar-refractivity contribution in [2.75, 3.05) is 0 Å². The van der Waals surface area contributed by atoms with Gasteiger partial charge in [0.15, 0.2) is 5.50 Å². The SMILES string of the molecule is Cc1ccc(N=[P@](Oc2cccc(Br)c2)(c2ccc(C)o2)C(C)(C)C)c(C)c1. The summed E-state index contributed by atoms with van der Waals surface area (Å²) >= 11 is 3.55. The van der Waals surface area contributed by atoms with Crippen LogP contribution in [-0.4, -0.2) is 5.16 Å². The van der Waals surface area contributed by atoms with Crippen LogP contribution in [0.2, 0.25) is 0 Å². The van der Waals surface area contributed by atoms with Crippen molar-refractivity contribution in [3.63, 3.8) is 0 Å². The van der Waals surface area contributed by atoms with Gasteiger partial charge in [0.1, 0.15) is 11.5 Å². The molecule has 1 heterocycles. The smallest absolute Gasteiger partial charge is 0.207 e. The molecule has 3 aromatic rings. The lowest BCUT2D eigenvalue weighted by Crippen LogP contribution is -2.26. The van der Waals surface area contributed by atoms with Crippen molar-refractivity contribution in [2.45, 2.75) is 46.7 Å². The van der Waals surface area contributed by atoms with Crippen LogP contribution in [0.5, 0.6) is 5.75 Å². The minimum Gasteiger partial charge on any atom is -0.457 e. The molecular weight excluding hydrogens is 433 g/mol. The van der Waals surface area contributed by atoms with E-state index in [-0.39, 0.29) is 5.16 Å². The van der Waals surface area contributed by atoms with E-state index >= 15 is 0 Å². The highest BCUT2D eigenvalue weighted by Crippen LogP contribution is 2.62. The van der Waals surface area contributed by atoms with Crippen LogP contribution in [0.3, 0.4) is 0 Å². The largest absolute Gasteiger partial charge is 0.457 e. The Hall–Kier alpha value is -1.77. The summed E-state index contributed by atoms with van der Waals surface area (Å²) in [6.45, 7) is 12.7. The van der Waals surface area contributed by atoms with Crippen LogP contribution < -0.4 is 10.0 Å². The Bertz CT molecular complexity index is 1050. The molecule has 0 saturated carbocycles. The van der Waals surface area contributed by atoms with Gasteiger partial charge in [0.25, 0.3) is 0 Å². The third-order valence-electron chi connectivity index (χ3n) is 4.57. The fraction of sp³-hybridized carbons (Fsp3) is 0.304. The van der Waals surface area contributed by atoms with Crippen molar-refractivity contribution >= 4 is 34.4 Å². The van der Waals surface area contributed by atoms with Gasteiger partial charge in [-0.1, -0.05) is 60.5 Å². The molecule has 3 rings (SSSR count). The number of hydrogen-bond donors (Lipinski definition) is 0. The standard InChI is InChI=1S/C23H27BrNO2P/c1-16-10-12-21(17(2)14-16)25-28(23(4,5)6,22-13-11-18(3)26-22)27-20-9-7-8-19(24)15-20/h7-15H,1-6H3/t28-/m0/s1. The number of nitrogens with zero attached hydrogens (tertiary/aromatic N) is 1. The summed E-state index contributed by atoms with van der Waals surface area (Å²) in [5, 5.41) is -0.267. The zero-order chi connectivity index (χ0) is 20.5. The molecule has 0 saturated heterocycles. The summed E-state index contributed by atoms with van der Waals surface area (Å²) in [6.07, 6.45) is 0. The third-order valence-corrected chi connectivity index (χ3v) is 8.69. The predicted molar refractivity (Wildman–Crippen MR) is 123 cm³/mol. The Morgan fingerprint density at radius 1 is 0.964 bits per heavy atom. The molecule has 0 N–H and O–H groups in total. The summed E-state index contributed by atoms with van der Waals surface area (Å²) in [5.74, 6) is 1.64. The second-order valence-electron chi connectivity index (χ2n) is 8.07. The minimum absolute atomic E-state index is 0.267. The molecule has 28 heavy (non-hydrogen) atoms. The molecule has 2 aromatic carbocycles. The van der Waals surface area contributed by atoms with E-state index in [0.717, 1.165) is 32.7 Å². The molecule has 0 aliphatic rings. The van der Waals surface area contributed by atoms with Gasteiger partial charge in [0.2, 0.25) is 7.28 Å². The number of hydrogen-bond acceptors (Lipinski definition) is 3. The highest BCUT2D eigenvalue weighted by molar-refractivity contribution is 9.10. The average Bonchev–Trinajstić information content (AvgIpc) is 3.02. The van der Waals surface area contributed by atoms with Crippen molar-refractivity contribution in [3.05, 3.63) is 76.0 Å². The zero-order valence-corrected chi connectivity index (χ0v) is 19.8. The number of benzene rings is 2. The first kappa shape index (κ1) is 21.0. The van der Waals surface area contributed by atoms with Crippen molar-refractivity contribution in [1.29, 1.82) is 0 Å². The van der Waals surface area contributed by atoms with Crippen molar-refractivity contribution < 1.29 is 8.94 Å². The lowest BCUT2D eigenvalue weighted by molar-refractivity contribution is 0.527. The van der Waals surface area contributed by atoms with E-state index in [1.807, 2.05) is 43.3 Å². The summed E-state index contributed by atoms with van der Waals surface area (Å²) in [7, 11) is -2.58. The van der Waals surface area contributed by atoms with Gasteiger partial charge in [0, 0.05) is 9.63 Å². The van der Waals surface area contributed by atoms with E-state index in [1.54, 1.807) is 0 Å². The molecule has 5 heteroatoms. The minimum atomic E-state index is -2.58. The Kier molecular flexibility index (Phi) is 5.93. The molecule has 0 amide bonds. The molecule has 148 valence electrons. The maximum atomic E-state index is 6.76. The highest BCUT2D eigenvalue weighted by Gasteiger charge is 2.41. The highest BCUT2D eigenvalue weighted by atomic mass is 79.9. The predicted octanol–water partition coefficient (Wildman–Crippen LogP) is 7.92. The maximum absolute atomic E-state index is 6.76. The van der Waals surface area contributed by atoms with Gasteiger partial charge in [-0.05, 0) is 62.7 Å². The van der Waals surface area contributed by atoms with Crippen LogP contribution in [0.15, 0.2) is 68.2 Å². The van der Waals surface area contributed by atoms with Crippen LogP contribution in [-0.2, 0) is 0 Å². The zero-order valence-electron chi connectivity index (χ0n) is 17.3. The van der Waals surface area contributed by atoms with Gasteiger partial charge in [-0.15, -0.1) is 0 Å². The van der Waals surface area contributed by atoms with Gasteiger partial charge in [-0.3, -0.25) is 0 Å². The Morgan fingerprint density at radius 3 is 2.29 bits per heavy atom. The Labute approximate surface area is 176 Å². The number of halogens is 1. The van der Waals surface area contributed by atoms with Crippen molar-refractivity contribution in [1.82, 2.24) is 0 Å². The van der Waals surface area contributed by atoms with Crippen LogP contribution >= 0.6 is 23.2 Å². The quantitative estimate of drug-likeness (QED) is 0.371. The molecule has 0 spiro atoms. The molecular formula is C23H27BrNO2P. The topological polar surface area (TPSA) is 34.7 Å². The summed E-state index contributed by atoms with van der Waals surface area (Å²) < 4.78 is 19.2. The lowest BCUT2D eigenvalue weighted by Gasteiger charge is -2.35. The normalized spacial score (nSPS) is 13.8. The second-order valence-corrected chi connectivity index (χ2v) is 12.3. The number of furan rings is 1. The molecule has 0 aliphatic heterocycles. The first-order chi connectivity index (χ1) is 13.1. The van der Waals surface area contributed by atoms with Crippen LogP contribution in [0, 0.1) is 20.8 Å². The Balaban J connectivity index is 2.31. The fourth-order valence-corrected chi connectivity index (χ4v) is 6.40. The van der Waals surface area contributed by atoms with Gasteiger partial charge in [0.05, 0.1) is 5.69 Å². The summed E-state index contributed by atoms with van der Waals surface area (Å²) in [5.41, 5.74) is 4.10. The van der Waals surface area contributed by atoms with Crippen molar-refractivity contribution in [2.24, 2.45) is 4.74 Å². The van der Waals surface area contributed by atoms with E-state index in [1.165, 1.54) is 5.56 Å². The molecule has 1 aromatic heterocycles. The van der Waals surface area contributed by atoms with Crippen LogP contribution in [0.4, 0.5) is 5.69 Å². The van der Waals surface area contributed by atoms with E-state index in [9.17, 15) is 0 Å². The molecule has 0 radical (unpaired) electrons. The van der Waals surface area contributed by atoms with E-state index in [0.29, 0.717) is 0 Å². The maximum Gasteiger partial charge on any atom is 0.207 e. The summed E-state index contributed by atoms with van der Waals surface area (Å²) in [6, 6.07) is 18.2. The van der Waals surface area contributed by atoms with Crippen LogP contribution in [0.1, 0.15) is 37.7 Å². The summed E-state index contributed by atoms with van der Waals surface area (Å²) in [4.78, 5) is 0. The monoisotopic (exact) mass is 459 g/mol. The molecule has 0 unspecified atom stereocenters. The number of aryl methyl sites for hydroxylation is 3. The average molecular weight is 460 g/mol. The van der Waals surface area contributed by atoms with E-state index in [4.69, 9.17) is 13.7 Å².